The maximum atomic E-state index is 11.9. The molecule has 3 rings (SSSR count). The Bertz CT molecular complexity index is 635. The summed E-state index contributed by atoms with van der Waals surface area (Å²) in [6.07, 6.45) is 2.32. The summed E-state index contributed by atoms with van der Waals surface area (Å²) >= 11 is 1.44. The predicted molar refractivity (Wildman–Crippen MR) is 82.1 cm³/mol. The van der Waals surface area contributed by atoms with E-state index in [0.717, 1.165) is 35.1 Å². The van der Waals surface area contributed by atoms with Gasteiger partial charge in [-0.3, -0.25) is 10.2 Å². The van der Waals surface area contributed by atoms with Crippen molar-refractivity contribution in [3.63, 3.8) is 0 Å². The number of rotatable bonds is 5. The quantitative estimate of drug-likeness (QED) is 0.504. The van der Waals surface area contributed by atoms with Crippen LogP contribution in [0.4, 0.5) is 0 Å². The molecule has 2 aromatic rings. The van der Waals surface area contributed by atoms with Gasteiger partial charge in [-0.1, -0.05) is 18.2 Å². The van der Waals surface area contributed by atoms with E-state index in [1.54, 1.807) is 0 Å². The van der Waals surface area contributed by atoms with E-state index < -0.39 is 0 Å². The Balaban J connectivity index is 1.79. The van der Waals surface area contributed by atoms with Crippen molar-refractivity contribution in [1.82, 2.24) is 5.43 Å². The van der Waals surface area contributed by atoms with E-state index in [4.69, 9.17) is 15.3 Å². The van der Waals surface area contributed by atoms with Crippen molar-refractivity contribution in [2.24, 2.45) is 5.84 Å². The lowest BCUT2D eigenvalue weighted by Gasteiger charge is -2.10. The molecule has 5 nitrogen and oxygen atoms in total. The largest absolute Gasteiger partial charge is 0.376 e. The molecule has 1 fully saturated rings. The number of nitrogens with one attached hydrogen (secondary N) is 1. The van der Waals surface area contributed by atoms with Crippen LogP contribution in [0.15, 0.2) is 24.3 Å². The summed E-state index contributed by atoms with van der Waals surface area (Å²) in [6.45, 7) is 1.77. The summed E-state index contributed by atoms with van der Waals surface area (Å²) in [4.78, 5) is 12.5. The molecule has 2 heterocycles. The summed E-state index contributed by atoms with van der Waals surface area (Å²) < 4.78 is 12.4. The third-order valence-electron chi connectivity index (χ3n) is 3.61. The summed E-state index contributed by atoms with van der Waals surface area (Å²) in [6, 6.07) is 7.92. The van der Waals surface area contributed by atoms with Gasteiger partial charge in [-0.15, -0.1) is 11.3 Å². The number of thiophene rings is 1. The van der Waals surface area contributed by atoms with Gasteiger partial charge in [0, 0.05) is 16.9 Å². The Labute approximate surface area is 127 Å². The van der Waals surface area contributed by atoms with Gasteiger partial charge in [-0.2, -0.15) is 0 Å². The number of fused-ring (bicyclic) bond motifs is 1. The summed E-state index contributed by atoms with van der Waals surface area (Å²) in [5.41, 5.74) is 3.10. The van der Waals surface area contributed by atoms with Gasteiger partial charge in [0.25, 0.3) is 5.91 Å². The molecule has 0 saturated carbocycles. The molecule has 112 valence electrons. The standard InChI is InChI=1S/C15H18N2O3S/c16-17-15(18)14-12(9-19-8-10-4-3-7-20-10)11-5-1-2-6-13(11)21-14/h1-2,5-6,10H,3-4,7-9,16H2,(H,17,18). The fraction of sp³-hybridized carbons (Fsp3) is 0.400. The third-order valence-corrected chi connectivity index (χ3v) is 4.82. The van der Waals surface area contributed by atoms with Gasteiger partial charge in [0.05, 0.1) is 24.2 Å². The third kappa shape index (κ3) is 3.08. The zero-order valence-corrected chi connectivity index (χ0v) is 12.4. The molecule has 0 radical (unpaired) electrons. The maximum absolute atomic E-state index is 11.9. The van der Waals surface area contributed by atoms with E-state index in [1.807, 2.05) is 24.3 Å². The lowest BCUT2D eigenvalue weighted by atomic mass is 10.1. The van der Waals surface area contributed by atoms with E-state index in [9.17, 15) is 4.79 Å². The minimum Gasteiger partial charge on any atom is -0.376 e. The first-order valence-electron chi connectivity index (χ1n) is 7.00. The van der Waals surface area contributed by atoms with Crippen molar-refractivity contribution in [1.29, 1.82) is 0 Å². The molecule has 1 aliphatic heterocycles. The molecule has 3 N–H and O–H groups in total. The number of hydrogen-bond donors (Lipinski definition) is 2. The Morgan fingerprint density at radius 2 is 2.33 bits per heavy atom. The highest BCUT2D eigenvalue weighted by Gasteiger charge is 2.19. The number of carbonyl (C=O) groups is 1. The molecular weight excluding hydrogens is 288 g/mol. The molecule has 1 aliphatic rings. The van der Waals surface area contributed by atoms with Crippen LogP contribution in [0.3, 0.4) is 0 Å². The number of hydrogen-bond acceptors (Lipinski definition) is 5. The highest BCUT2D eigenvalue weighted by Crippen LogP contribution is 2.32. The van der Waals surface area contributed by atoms with Crippen molar-refractivity contribution in [3.05, 3.63) is 34.7 Å². The molecule has 1 unspecified atom stereocenters. The van der Waals surface area contributed by atoms with Gasteiger partial charge in [-0.25, -0.2) is 5.84 Å². The number of carbonyl (C=O) groups excluding carboxylic acids is 1. The molecule has 1 aromatic carbocycles. The van der Waals surface area contributed by atoms with Crippen LogP contribution in [-0.2, 0) is 16.1 Å². The monoisotopic (exact) mass is 306 g/mol. The number of benzene rings is 1. The lowest BCUT2D eigenvalue weighted by Crippen LogP contribution is -2.30. The summed E-state index contributed by atoms with van der Waals surface area (Å²) in [5.74, 6) is 5.00. The van der Waals surface area contributed by atoms with Crippen LogP contribution in [0.25, 0.3) is 10.1 Å². The van der Waals surface area contributed by atoms with E-state index in [0.29, 0.717) is 18.1 Å². The van der Waals surface area contributed by atoms with E-state index in [-0.39, 0.29) is 12.0 Å². The zero-order chi connectivity index (χ0) is 14.7. The summed E-state index contributed by atoms with van der Waals surface area (Å²) in [5, 5.41) is 1.05. The van der Waals surface area contributed by atoms with Crippen LogP contribution in [-0.4, -0.2) is 25.2 Å². The Hall–Kier alpha value is -1.47. The van der Waals surface area contributed by atoms with Crippen molar-refractivity contribution in [3.8, 4) is 0 Å². The first kappa shape index (κ1) is 14.5. The molecule has 1 atom stereocenters. The van der Waals surface area contributed by atoms with Gasteiger partial charge < -0.3 is 9.47 Å². The smallest absolute Gasteiger partial charge is 0.275 e. The number of nitrogens with two attached hydrogens (primary N) is 1. The Morgan fingerprint density at radius 1 is 1.48 bits per heavy atom. The van der Waals surface area contributed by atoms with Gasteiger partial charge >= 0.3 is 0 Å². The SMILES string of the molecule is NNC(=O)c1sc2ccccc2c1COCC1CCCO1. The molecular formula is C15H18N2O3S. The number of ether oxygens (including phenoxy) is 2. The van der Waals surface area contributed by atoms with Crippen LogP contribution in [0.1, 0.15) is 28.1 Å². The van der Waals surface area contributed by atoms with Gasteiger partial charge in [0.2, 0.25) is 0 Å². The van der Waals surface area contributed by atoms with Crippen molar-refractivity contribution < 1.29 is 14.3 Å². The second kappa shape index (κ2) is 6.53. The molecule has 0 spiro atoms. The molecule has 1 aromatic heterocycles. The maximum Gasteiger partial charge on any atom is 0.275 e. The van der Waals surface area contributed by atoms with Crippen LogP contribution in [0.2, 0.25) is 0 Å². The van der Waals surface area contributed by atoms with Crippen LogP contribution in [0, 0.1) is 0 Å². The highest BCUT2D eigenvalue weighted by molar-refractivity contribution is 7.21. The summed E-state index contributed by atoms with van der Waals surface area (Å²) in [7, 11) is 0. The first-order chi connectivity index (χ1) is 10.3. The van der Waals surface area contributed by atoms with E-state index in [2.05, 4.69) is 5.43 Å². The molecule has 1 amide bonds. The van der Waals surface area contributed by atoms with Crippen LogP contribution < -0.4 is 11.3 Å². The van der Waals surface area contributed by atoms with Crippen molar-refractivity contribution in [2.75, 3.05) is 13.2 Å². The fourth-order valence-corrected chi connectivity index (χ4v) is 3.67. The Morgan fingerprint density at radius 3 is 3.10 bits per heavy atom. The second-order valence-corrected chi connectivity index (χ2v) is 6.08. The molecule has 21 heavy (non-hydrogen) atoms. The van der Waals surface area contributed by atoms with Gasteiger partial charge in [0.15, 0.2) is 0 Å². The minimum absolute atomic E-state index is 0.182. The topological polar surface area (TPSA) is 73.6 Å². The van der Waals surface area contributed by atoms with Gasteiger partial charge in [0.1, 0.15) is 0 Å². The lowest BCUT2D eigenvalue weighted by molar-refractivity contribution is 0.0108. The van der Waals surface area contributed by atoms with Crippen molar-refractivity contribution in [2.45, 2.75) is 25.6 Å². The van der Waals surface area contributed by atoms with Gasteiger partial charge in [-0.05, 0) is 24.3 Å². The fourth-order valence-electron chi connectivity index (χ4n) is 2.56. The number of amides is 1. The molecule has 1 saturated heterocycles. The minimum atomic E-state index is -0.271. The van der Waals surface area contributed by atoms with Crippen LogP contribution >= 0.6 is 11.3 Å². The molecule has 0 bridgehead atoms. The zero-order valence-electron chi connectivity index (χ0n) is 11.6. The second-order valence-electron chi connectivity index (χ2n) is 5.03. The van der Waals surface area contributed by atoms with Crippen molar-refractivity contribution >= 4 is 27.3 Å². The number of nitrogen functional groups attached to an aromatic ring is 1. The average molecular weight is 306 g/mol. The molecule has 6 heteroatoms. The first-order valence-corrected chi connectivity index (χ1v) is 7.82. The Kier molecular flexibility index (Phi) is 4.50. The highest BCUT2D eigenvalue weighted by atomic mass is 32.1. The predicted octanol–water partition coefficient (Wildman–Crippen LogP) is 2.20. The number of hydrazine groups is 1. The van der Waals surface area contributed by atoms with E-state index in [1.165, 1.54) is 11.3 Å². The normalized spacial score (nSPS) is 18.2. The average Bonchev–Trinajstić information content (AvgIpc) is 3.14. The van der Waals surface area contributed by atoms with Crippen LogP contribution in [0.5, 0.6) is 0 Å². The molecule has 0 aliphatic carbocycles. The van der Waals surface area contributed by atoms with E-state index >= 15 is 0 Å².